The van der Waals surface area contributed by atoms with E-state index in [1.54, 1.807) is 23.5 Å². The van der Waals surface area contributed by atoms with E-state index in [2.05, 4.69) is 4.98 Å². The summed E-state index contributed by atoms with van der Waals surface area (Å²) in [5.41, 5.74) is 2.43. The van der Waals surface area contributed by atoms with Crippen molar-refractivity contribution in [2.45, 2.75) is 20.8 Å². The number of para-hydroxylation sites is 1. The maximum absolute atomic E-state index is 13.8. The Morgan fingerprint density at radius 1 is 1.03 bits per heavy atom. The highest BCUT2D eigenvalue weighted by molar-refractivity contribution is 7.18. The van der Waals surface area contributed by atoms with Crippen molar-refractivity contribution in [1.82, 2.24) is 14.5 Å². The van der Waals surface area contributed by atoms with Crippen LogP contribution in [0.25, 0.3) is 26.8 Å². The lowest BCUT2D eigenvalue weighted by Gasteiger charge is -2.15. The fourth-order valence-corrected chi connectivity index (χ4v) is 5.00. The van der Waals surface area contributed by atoms with Crippen LogP contribution in [0.1, 0.15) is 16.1 Å². The number of pyridine rings is 1. The first-order valence-corrected chi connectivity index (χ1v) is 11.1. The number of hydrogen-bond acceptors (Lipinski definition) is 5. The van der Waals surface area contributed by atoms with Crippen LogP contribution in [-0.4, -0.2) is 14.5 Å². The molecule has 0 aliphatic rings. The van der Waals surface area contributed by atoms with Gasteiger partial charge in [0.05, 0.1) is 27.3 Å². The SMILES string of the molecule is Cc1sc2nc(C)c3c(=O)n(-c4ccccc4)c(Oc4ccc(F)cc4Cl)nc3c2c1C. The maximum Gasteiger partial charge on any atom is 0.310 e. The predicted octanol–water partition coefficient (Wildman–Crippen LogP) is 6.51. The smallest absolute Gasteiger partial charge is 0.310 e. The second-order valence-corrected chi connectivity index (χ2v) is 9.04. The van der Waals surface area contributed by atoms with Gasteiger partial charge in [-0.2, -0.15) is 4.98 Å². The Hall–Kier alpha value is -3.29. The number of benzene rings is 2. The van der Waals surface area contributed by atoms with Crippen molar-refractivity contribution in [3.05, 3.63) is 85.9 Å². The van der Waals surface area contributed by atoms with Crippen LogP contribution < -0.4 is 10.3 Å². The number of nitrogens with zero attached hydrogens (tertiary/aromatic N) is 3. The van der Waals surface area contributed by atoms with Crippen molar-refractivity contribution >= 4 is 44.1 Å². The van der Waals surface area contributed by atoms with Crippen molar-refractivity contribution in [3.8, 4) is 17.4 Å². The van der Waals surface area contributed by atoms with E-state index in [9.17, 15) is 9.18 Å². The molecular weight excluding hydrogens is 449 g/mol. The van der Waals surface area contributed by atoms with Crippen LogP contribution in [0.3, 0.4) is 0 Å². The summed E-state index contributed by atoms with van der Waals surface area (Å²) in [4.78, 5) is 25.2. The molecule has 5 aromatic rings. The average molecular weight is 466 g/mol. The number of thiophene rings is 1. The molecule has 0 amide bonds. The van der Waals surface area contributed by atoms with Gasteiger partial charge in [-0.15, -0.1) is 11.3 Å². The van der Waals surface area contributed by atoms with E-state index in [0.29, 0.717) is 22.3 Å². The molecule has 0 bridgehead atoms. The van der Waals surface area contributed by atoms with Crippen LogP contribution in [0.4, 0.5) is 4.39 Å². The van der Waals surface area contributed by atoms with E-state index in [1.165, 1.54) is 16.7 Å². The van der Waals surface area contributed by atoms with Crippen molar-refractivity contribution in [1.29, 1.82) is 0 Å². The van der Waals surface area contributed by atoms with E-state index in [1.807, 2.05) is 39.0 Å². The molecule has 0 atom stereocenters. The number of fused-ring (bicyclic) bond motifs is 3. The van der Waals surface area contributed by atoms with Gasteiger partial charge in [-0.3, -0.25) is 4.79 Å². The van der Waals surface area contributed by atoms with E-state index >= 15 is 0 Å². The van der Waals surface area contributed by atoms with Gasteiger partial charge in [0.15, 0.2) is 0 Å². The molecule has 0 saturated carbocycles. The predicted molar refractivity (Wildman–Crippen MR) is 126 cm³/mol. The molecule has 3 heterocycles. The second-order valence-electron chi connectivity index (χ2n) is 7.43. The summed E-state index contributed by atoms with van der Waals surface area (Å²) < 4.78 is 20.9. The summed E-state index contributed by atoms with van der Waals surface area (Å²) in [5, 5.41) is 1.35. The lowest BCUT2D eigenvalue weighted by molar-refractivity contribution is 0.426. The summed E-state index contributed by atoms with van der Waals surface area (Å²) in [6, 6.07) is 12.9. The first-order chi connectivity index (χ1) is 15.3. The minimum atomic E-state index is -0.484. The molecule has 2 aromatic carbocycles. The Bertz CT molecular complexity index is 1580. The summed E-state index contributed by atoms with van der Waals surface area (Å²) in [6.07, 6.45) is 0. The van der Waals surface area contributed by atoms with E-state index in [0.717, 1.165) is 26.7 Å². The lowest BCUT2D eigenvalue weighted by atomic mass is 10.1. The monoisotopic (exact) mass is 465 g/mol. The molecule has 0 radical (unpaired) electrons. The van der Waals surface area contributed by atoms with Crippen LogP contribution in [0.2, 0.25) is 5.02 Å². The van der Waals surface area contributed by atoms with Crippen molar-refractivity contribution in [3.63, 3.8) is 0 Å². The summed E-state index contributed by atoms with van der Waals surface area (Å²) in [5.74, 6) is -0.286. The molecule has 0 spiro atoms. The average Bonchev–Trinajstić information content (AvgIpc) is 3.04. The Labute approximate surface area is 191 Å². The first-order valence-electron chi connectivity index (χ1n) is 9.86. The van der Waals surface area contributed by atoms with Gasteiger partial charge in [0.2, 0.25) is 0 Å². The summed E-state index contributed by atoms with van der Waals surface area (Å²) in [6.45, 7) is 5.82. The molecule has 5 nitrogen and oxygen atoms in total. The molecule has 0 fully saturated rings. The molecule has 0 aliphatic heterocycles. The highest BCUT2D eigenvalue weighted by Crippen LogP contribution is 2.36. The molecule has 5 rings (SSSR count). The summed E-state index contributed by atoms with van der Waals surface area (Å²) in [7, 11) is 0. The topological polar surface area (TPSA) is 57.0 Å². The molecule has 0 unspecified atom stereocenters. The minimum absolute atomic E-state index is 0.0392. The van der Waals surface area contributed by atoms with Gasteiger partial charge < -0.3 is 4.74 Å². The van der Waals surface area contributed by atoms with Crippen LogP contribution in [0.5, 0.6) is 11.8 Å². The number of halogens is 2. The minimum Gasteiger partial charge on any atom is -0.424 e. The third-order valence-electron chi connectivity index (χ3n) is 5.40. The fourth-order valence-electron chi connectivity index (χ4n) is 3.71. The normalized spacial score (nSPS) is 11.4. The van der Waals surface area contributed by atoms with Gasteiger partial charge in [-0.25, -0.2) is 13.9 Å². The van der Waals surface area contributed by atoms with Gasteiger partial charge >= 0.3 is 6.01 Å². The van der Waals surface area contributed by atoms with Crippen LogP contribution in [0, 0.1) is 26.6 Å². The highest BCUT2D eigenvalue weighted by Gasteiger charge is 2.22. The zero-order chi connectivity index (χ0) is 22.6. The van der Waals surface area contributed by atoms with Crippen molar-refractivity contribution < 1.29 is 9.13 Å². The Morgan fingerprint density at radius 2 is 1.78 bits per heavy atom. The Morgan fingerprint density at radius 3 is 2.50 bits per heavy atom. The van der Waals surface area contributed by atoms with E-state index < -0.39 is 5.82 Å². The van der Waals surface area contributed by atoms with Crippen LogP contribution >= 0.6 is 22.9 Å². The molecule has 32 heavy (non-hydrogen) atoms. The molecule has 3 aromatic heterocycles. The van der Waals surface area contributed by atoms with Gasteiger partial charge in [0.25, 0.3) is 5.56 Å². The van der Waals surface area contributed by atoms with Crippen molar-refractivity contribution in [2.75, 3.05) is 0 Å². The standard InChI is InChI=1S/C24H17ClFN3O2S/c1-12-14(3)32-22-19(12)21-20(13(2)27-22)23(30)29(16-7-5-4-6-8-16)24(28-21)31-18-10-9-15(26)11-17(18)25/h4-11H,1-3H3. The molecule has 0 N–H and O–H groups in total. The van der Waals surface area contributed by atoms with Crippen LogP contribution in [-0.2, 0) is 0 Å². The Kier molecular flexibility index (Phi) is 4.95. The number of rotatable bonds is 3. The molecule has 160 valence electrons. The molecular formula is C24H17ClFN3O2S. The molecule has 8 heteroatoms. The maximum atomic E-state index is 13.8. The Balaban J connectivity index is 1.89. The first kappa shape index (κ1) is 20.6. The fraction of sp³-hybridized carbons (Fsp3) is 0.125. The van der Waals surface area contributed by atoms with Gasteiger partial charge in [-0.1, -0.05) is 29.8 Å². The van der Waals surface area contributed by atoms with Gasteiger partial charge in [-0.05, 0) is 56.7 Å². The summed E-state index contributed by atoms with van der Waals surface area (Å²) >= 11 is 7.76. The lowest BCUT2D eigenvalue weighted by Crippen LogP contribution is -2.22. The largest absolute Gasteiger partial charge is 0.424 e. The number of hydrogen-bond donors (Lipinski definition) is 0. The number of aromatic nitrogens is 3. The highest BCUT2D eigenvalue weighted by atomic mass is 35.5. The second kappa shape index (κ2) is 7.69. The number of ether oxygens (including phenoxy) is 1. The quantitative estimate of drug-likeness (QED) is 0.305. The van der Waals surface area contributed by atoms with Gasteiger partial charge in [0.1, 0.15) is 16.4 Å². The van der Waals surface area contributed by atoms with Crippen LogP contribution in [0.15, 0.2) is 53.3 Å². The third kappa shape index (κ3) is 3.25. The molecule has 0 saturated heterocycles. The van der Waals surface area contributed by atoms with Crippen molar-refractivity contribution in [2.24, 2.45) is 0 Å². The third-order valence-corrected chi connectivity index (χ3v) is 6.79. The zero-order valence-corrected chi connectivity index (χ0v) is 19.0. The van der Waals surface area contributed by atoms with E-state index in [-0.39, 0.29) is 22.3 Å². The molecule has 0 aliphatic carbocycles. The van der Waals surface area contributed by atoms with E-state index in [4.69, 9.17) is 21.3 Å². The van der Waals surface area contributed by atoms with Gasteiger partial charge in [0, 0.05) is 10.3 Å². The zero-order valence-electron chi connectivity index (χ0n) is 17.4. The number of aryl methyl sites for hydroxylation is 3.